The van der Waals surface area contributed by atoms with Crippen molar-refractivity contribution in [3.05, 3.63) is 29.8 Å². The first kappa shape index (κ1) is 15.7. The van der Waals surface area contributed by atoms with E-state index in [4.69, 9.17) is 9.47 Å². The molecule has 0 saturated carbocycles. The fraction of sp³-hybridized carbons (Fsp3) is 0.231. The molecule has 1 aromatic heterocycles. The second kappa shape index (κ2) is 7.25. The number of nitrogens with zero attached hydrogens (tertiary/aromatic N) is 1. The summed E-state index contributed by atoms with van der Waals surface area (Å²) in [4.78, 5) is 10.6. The SMILES string of the molecule is COc1ccc(-c2scc[n+]2CC=O)c(OC)c1.[Br-]. The summed E-state index contributed by atoms with van der Waals surface area (Å²) in [6.45, 7) is 0.341. The summed E-state index contributed by atoms with van der Waals surface area (Å²) in [6, 6.07) is 5.65. The van der Waals surface area contributed by atoms with Gasteiger partial charge in [-0.2, -0.15) is 4.57 Å². The highest BCUT2D eigenvalue weighted by Gasteiger charge is 2.19. The standard InChI is InChI=1S/C13H14NO3S.BrH/c1-16-10-3-4-11(12(9-10)17-2)13-14(5-7-15)6-8-18-13;/h3-4,6-9H,5H2,1-2H3;1H/q+1;/p-1. The number of benzene rings is 1. The molecule has 6 heteroatoms. The first-order valence-electron chi connectivity index (χ1n) is 5.43. The Hall–Kier alpha value is -1.40. The molecule has 0 atom stereocenters. The number of hydrogen-bond acceptors (Lipinski definition) is 4. The Morgan fingerprint density at radius 3 is 2.74 bits per heavy atom. The number of carbonyl (C=O) groups excluding carboxylic acids is 1. The lowest BCUT2D eigenvalue weighted by Crippen LogP contribution is -3.00. The summed E-state index contributed by atoms with van der Waals surface area (Å²) in [6.07, 6.45) is 2.77. The van der Waals surface area contributed by atoms with E-state index in [2.05, 4.69) is 0 Å². The Morgan fingerprint density at radius 2 is 2.11 bits per heavy atom. The molecule has 102 valence electrons. The molecule has 0 fully saturated rings. The second-order valence-corrected chi connectivity index (χ2v) is 4.49. The topological polar surface area (TPSA) is 39.4 Å². The van der Waals surface area contributed by atoms with E-state index in [0.29, 0.717) is 6.54 Å². The van der Waals surface area contributed by atoms with Crippen LogP contribution in [-0.4, -0.2) is 20.5 Å². The quantitative estimate of drug-likeness (QED) is 0.512. The van der Waals surface area contributed by atoms with Gasteiger partial charge in [-0.25, -0.2) is 0 Å². The monoisotopic (exact) mass is 343 g/mol. The van der Waals surface area contributed by atoms with Crippen LogP contribution in [0.15, 0.2) is 29.8 Å². The van der Waals surface area contributed by atoms with Crippen molar-refractivity contribution >= 4 is 17.6 Å². The van der Waals surface area contributed by atoms with Crippen molar-refractivity contribution in [2.24, 2.45) is 0 Å². The third-order valence-corrected chi connectivity index (χ3v) is 3.53. The fourth-order valence-electron chi connectivity index (χ4n) is 1.72. The smallest absolute Gasteiger partial charge is 0.273 e. The van der Waals surface area contributed by atoms with E-state index in [9.17, 15) is 4.79 Å². The van der Waals surface area contributed by atoms with Crippen LogP contribution < -0.4 is 31.0 Å². The number of halogens is 1. The van der Waals surface area contributed by atoms with Gasteiger partial charge < -0.3 is 26.5 Å². The summed E-state index contributed by atoms with van der Waals surface area (Å²) in [5.41, 5.74) is 0.954. The normalized spacial score (nSPS) is 9.58. The van der Waals surface area contributed by atoms with Crippen LogP contribution in [-0.2, 0) is 11.3 Å². The van der Waals surface area contributed by atoms with Gasteiger partial charge in [-0.1, -0.05) is 11.3 Å². The van der Waals surface area contributed by atoms with Crippen molar-refractivity contribution in [3.8, 4) is 22.1 Å². The summed E-state index contributed by atoms with van der Waals surface area (Å²) in [5, 5.41) is 2.93. The number of aldehydes is 1. The van der Waals surface area contributed by atoms with E-state index in [0.717, 1.165) is 28.4 Å². The van der Waals surface area contributed by atoms with Gasteiger partial charge in [0.1, 0.15) is 11.5 Å². The maximum Gasteiger partial charge on any atom is 0.273 e. The Morgan fingerprint density at radius 1 is 1.32 bits per heavy atom. The lowest BCUT2D eigenvalue weighted by Gasteiger charge is -2.07. The molecule has 2 rings (SSSR count). The Labute approximate surface area is 126 Å². The first-order valence-corrected chi connectivity index (χ1v) is 6.31. The number of methoxy groups -OCH3 is 2. The molecule has 4 nitrogen and oxygen atoms in total. The van der Waals surface area contributed by atoms with E-state index in [1.807, 2.05) is 34.3 Å². The van der Waals surface area contributed by atoms with Crippen molar-refractivity contribution < 1.29 is 35.8 Å². The molecular weight excluding hydrogens is 330 g/mol. The highest BCUT2D eigenvalue weighted by molar-refractivity contribution is 7.12. The van der Waals surface area contributed by atoms with Crippen LogP contribution in [0.1, 0.15) is 0 Å². The minimum absolute atomic E-state index is 0. The largest absolute Gasteiger partial charge is 1.00 e. The predicted octanol–water partition coefficient (Wildman–Crippen LogP) is -1.08. The molecule has 2 aromatic rings. The molecule has 0 saturated heterocycles. The van der Waals surface area contributed by atoms with E-state index >= 15 is 0 Å². The number of rotatable bonds is 5. The first-order chi connectivity index (χ1) is 8.80. The van der Waals surface area contributed by atoms with E-state index in [-0.39, 0.29) is 17.0 Å². The van der Waals surface area contributed by atoms with Gasteiger partial charge in [0, 0.05) is 6.07 Å². The molecule has 0 aliphatic carbocycles. The average Bonchev–Trinajstić information content (AvgIpc) is 2.86. The summed E-state index contributed by atoms with van der Waals surface area (Å²) < 4.78 is 12.4. The van der Waals surface area contributed by atoms with Gasteiger partial charge in [-0.3, -0.25) is 4.79 Å². The van der Waals surface area contributed by atoms with Gasteiger partial charge in [0.05, 0.1) is 25.2 Å². The molecule has 1 heterocycles. The molecular formula is C13H14BrNO3S. The molecule has 0 aliphatic heterocycles. The Kier molecular flexibility index (Phi) is 5.98. The van der Waals surface area contributed by atoms with Gasteiger partial charge >= 0.3 is 0 Å². The number of carbonyl (C=O) groups is 1. The zero-order valence-corrected chi connectivity index (χ0v) is 13.0. The van der Waals surface area contributed by atoms with Gasteiger partial charge in [0.25, 0.3) is 5.01 Å². The lowest BCUT2D eigenvalue weighted by molar-refractivity contribution is -0.667. The zero-order chi connectivity index (χ0) is 13.0. The summed E-state index contributed by atoms with van der Waals surface area (Å²) in [7, 11) is 3.24. The molecule has 0 radical (unpaired) electrons. The van der Waals surface area contributed by atoms with Crippen LogP contribution in [0.2, 0.25) is 0 Å². The number of ether oxygens (including phenoxy) is 2. The van der Waals surface area contributed by atoms with E-state index in [1.54, 1.807) is 25.6 Å². The molecule has 1 aromatic carbocycles. The maximum atomic E-state index is 10.6. The molecule has 19 heavy (non-hydrogen) atoms. The highest BCUT2D eigenvalue weighted by Crippen LogP contribution is 2.33. The van der Waals surface area contributed by atoms with Crippen LogP contribution in [0.5, 0.6) is 11.5 Å². The minimum atomic E-state index is 0. The minimum Gasteiger partial charge on any atom is -1.00 e. The Bertz CT molecular complexity index is 557. The second-order valence-electron chi connectivity index (χ2n) is 3.59. The van der Waals surface area contributed by atoms with Gasteiger partial charge in [-0.15, -0.1) is 0 Å². The van der Waals surface area contributed by atoms with Crippen LogP contribution >= 0.6 is 11.3 Å². The number of thiazole rings is 1. The van der Waals surface area contributed by atoms with Gasteiger partial charge in [0.15, 0.2) is 12.5 Å². The molecule has 0 bridgehead atoms. The van der Waals surface area contributed by atoms with Gasteiger partial charge in [0.2, 0.25) is 6.54 Å². The van der Waals surface area contributed by atoms with Crippen LogP contribution in [0.3, 0.4) is 0 Å². The van der Waals surface area contributed by atoms with Crippen LogP contribution in [0.25, 0.3) is 10.6 Å². The Balaban J connectivity index is 0.00000180. The van der Waals surface area contributed by atoms with Gasteiger partial charge in [-0.05, 0) is 12.1 Å². The molecule has 0 aliphatic rings. The fourth-order valence-corrected chi connectivity index (χ4v) is 2.62. The average molecular weight is 344 g/mol. The maximum absolute atomic E-state index is 10.6. The summed E-state index contributed by atoms with van der Waals surface area (Å²) >= 11 is 1.57. The number of hydrogen-bond donors (Lipinski definition) is 0. The van der Waals surface area contributed by atoms with E-state index in [1.165, 1.54) is 0 Å². The van der Waals surface area contributed by atoms with Crippen molar-refractivity contribution in [1.82, 2.24) is 0 Å². The van der Waals surface area contributed by atoms with Crippen molar-refractivity contribution in [1.29, 1.82) is 0 Å². The van der Waals surface area contributed by atoms with E-state index < -0.39 is 0 Å². The third kappa shape index (κ3) is 3.33. The third-order valence-electron chi connectivity index (χ3n) is 2.59. The summed E-state index contributed by atoms with van der Waals surface area (Å²) in [5.74, 6) is 1.48. The number of aromatic nitrogens is 1. The highest BCUT2D eigenvalue weighted by atomic mass is 79.9. The molecule has 0 amide bonds. The zero-order valence-electron chi connectivity index (χ0n) is 10.6. The van der Waals surface area contributed by atoms with Crippen LogP contribution in [0.4, 0.5) is 0 Å². The van der Waals surface area contributed by atoms with Crippen LogP contribution in [0, 0.1) is 0 Å². The lowest BCUT2D eigenvalue weighted by atomic mass is 10.2. The van der Waals surface area contributed by atoms with Crippen molar-refractivity contribution in [2.75, 3.05) is 14.2 Å². The molecule has 0 unspecified atom stereocenters. The molecule has 0 N–H and O–H groups in total. The van der Waals surface area contributed by atoms with Crippen molar-refractivity contribution in [3.63, 3.8) is 0 Å². The predicted molar refractivity (Wildman–Crippen MR) is 69.1 cm³/mol. The van der Waals surface area contributed by atoms with Crippen molar-refractivity contribution in [2.45, 2.75) is 6.54 Å². The molecule has 0 spiro atoms.